The molecule has 0 saturated heterocycles. The van der Waals surface area contributed by atoms with E-state index in [0.717, 1.165) is 10.9 Å². The monoisotopic (exact) mass is 399 g/mol. The standard InChI is InChI=1S/C18H20F3N3O2S/c1-2-24(11-16(25)22-10-13-6-5-9-27-13)12-17(26)23-15-8-4-3-7-14(15)18(19,20)21/h3-9H,2,10-12H2,1H3,(H,22,25)(H,23,26). The quantitative estimate of drug-likeness (QED) is 0.716. The highest BCUT2D eigenvalue weighted by Crippen LogP contribution is 2.34. The smallest absolute Gasteiger partial charge is 0.350 e. The van der Waals surface area contributed by atoms with Crippen LogP contribution in [0.3, 0.4) is 0 Å². The van der Waals surface area contributed by atoms with Crippen LogP contribution < -0.4 is 10.6 Å². The normalized spacial score (nSPS) is 11.4. The van der Waals surface area contributed by atoms with Crippen LogP contribution in [0.2, 0.25) is 0 Å². The van der Waals surface area contributed by atoms with Crippen LogP contribution in [0.1, 0.15) is 17.4 Å². The van der Waals surface area contributed by atoms with Crippen molar-refractivity contribution in [1.82, 2.24) is 10.2 Å². The average Bonchev–Trinajstić information content (AvgIpc) is 3.12. The fraction of sp³-hybridized carbons (Fsp3) is 0.333. The Balaban J connectivity index is 1.88. The van der Waals surface area contributed by atoms with E-state index >= 15 is 0 Å². The molecular formula is C18H20F3N3O2S. The van der Waals surface area contributed by atoms with Gasteiger partial charge in [0, 0.05) is 4.88 Å². The van der Waals surface area contributed by atoms with Gasteiger partial charge in [0.1, 0.15) is 0 Å². The molecule has 2 N–H and O–H groups in total. The molecule has 2 rings (SSSR count). The van der Waals surface area contributed by atoms with E-state index in [4.69, 9.17) is 0 Å². The zero-order valence-corrected chi connectivity index (χ0v) is 15.5. The lowest BCUT2D eigenvalue weighted by molar-refractivity contribution is -0.137. The molecule has 2 aromatic rings. The molecule has 0 aliphatic heterocycles. The molecule has 0 bridgehead atoms. The van der Waals surface area contributed by atoms with Gasteiger partial charge in [-0.1, -0.05) is 25.1 Å². The summed E-state index contributed by atoms with van der Waals surface area (Å²) >= 11 is 1.52. The topological polar surface area (TPSA) is 61.4 Å². The predicted molar refractivity (Wildman–Crippen MR) is 98.4 cm³/mol. The molecule has 1 aromatic heterocycles. The van der Waals surface area contributed by atoms with Crippen molar-refractivity contribution in [2.75, 3.05) is 25.0 Å². The summed E-state index contributed by atoms with van der Waals surface area (Å²) < 4.78 is 39.0. The van der Waals surface area contributed by atoms with Crippen molar-refractivity contribution in [3.8, 4) is 0 Å². The fourth-order valence-corrected chi connectivity index (χ4v) is 3.01. The molecule has 0 unspecified atom stereocenters. The molecule has 0 aliphatic rings. The molecule has 2 amide bonds. The number of likely N-dealkylation sites (N-methyl/N-ethyl adjacent to an activating group) is 1. The van der Waals surface area contributed by atoms with Crippen LogP contribution >= 0.6 is 11.3 Å². The molecule has 1 heterocycles. The molecule has 5 nitrogen and oxygen atoms in total. The molecule has 9 heteroatoms. The third-order valence-corrected chi connectivity index (χ3v) is 4.60. The van der Waals surface area contributed by atoms with Crippen molar-refractivity contribution in [1.29, 1.82) is 0 Å². The number of rotatable bonds is 8. The Hall–Kier alpha value is -2.39. The number of thiophene rings is 1. The van der Waals surface area contributed by atoms with Crippen molar-refractivity contribution in [2.24, 2.45) is 0 Å². The first-order valence-corrected chi connectivity index (χ1v) is 9.15. The molecular weight excluding hydrogens is 379 g/mol. The minimum atomic E-state index is -4.56. The predicted octanol–water partition coefficient (Wildman–Crippen LogP) is 3.34. The van der Waals surface area contributed by atoms with E-state index in [-0.39, 0.29) is 24.7 Å². The van der Waals surface area contributed by atoms with Crippen LogP contribution in [0.25, 0.3) is 0 Å². The first kappa shape index (κ1) is 20.9. The highest BCUT2D eigenvalue weighted by atomic mass is 32.1. The average molecular weight is 399 g/mol. The van der Waals surface area contributed by atoms with Crippen LogP contribution in [0.4, 0.5) is 18.9 Å². The molecule has 0 atom stereocenters. The van der Waals surface area contributed by atoms with Crippen molar-refractivity contribution >= 4 is 28.8 Å². The Kier molecular flexibility index (Phi) is 7.37. The highest BCUT2D eigenvalue weighted by Gasteiger charge is 2.33. The van der Waals surface area contributed by atoms with Gasteiger partial charge in [-0.15, -0.1) is 11.3 Å². The Bertz CT molecular complexity index is 763. The summed E-state index contributed by atoms with van der Waals surface area (Å²) in [5.41, 5.74) is -1.21. The number of alkyl halides is 3. The Morgan fingerprint density at radius 3 is 2.41 bits per heavy atom. The minimum absolute atomic E-state index is 0.0176. The molecule has 0 fully saturated rings. The maximum absolute atomic E-state index is 13.0. The fourth-order valence-electron chi connectivity index (χ4n) is 2.37. The van der Waals surface area contributed by atoms with Crippen LogP contribution in [0, 0.1) is 0 Å². The number of hydrogen-bond donors (Lipinski definition) is 2. The van der Waals surface area contributed by atoms with E-state index in [1.54, 1.807) is 11.8 Å². The lowest BCUT2D eigenvalue weighted by Crippen LogP contribution is -2.40. The van der Waals surface area contributed by atoms with E-state index in [0.29, 0.717) is 13.1 Å². The minimum Gasteiger partial charge on any atom is -0.350 e. The van der Waals surface area contributed by atoms with Crippen molar-refractivity contribution in [2.45, 2.75) is 19.6 Å². The van der Waals surface area contributed by atoms with Gasteiger partial charge in [-0.05, 0) is 30.1 Å². The second-order valence-electron chi connectivity index (χ2n) is 5.75. The molecule has 1 aromatic carbocycles. The second-order valence-corrected chi connectivity index (χ2v) is 6.78. The van der Waals surface area contributed by atoms with E-state index < -0.39 is 17.6 Å². The molecule has 0 spiro atoms. The van der Waals surface area contributed by atoms with Crippen LogP contribution in [-0.4, -0.2) is 36.3 Å². The van der Waals surface area contributed by atoms with Crippen LogP contribution in [0.15, 0.2) is 41.8 Å². The summed E-state index contributed by atoms with van der Waals surface area (Å²) in [6.07, 6.45) is -4.56. The van der Waals surface area contributed by atoms with Gasteiger partial charge in [0.25, 0.3) is 0 Å². The molecule has 0 saturated carbocycles. The van der Waals surface area contributed by atoms with Gasteiger partial charge in [0.15, 0.2) is 0 Å². The van der Waals surface area contributed by atoms with Gasteiger partial charge < -0.3 is 10.6 Å². The lowest BCUT2D eigenvalue weighted by atomic mass is 10.1. The summed E-state index contributed by atoms with van der Waals surface area (Å²) in [5, 5.41) is 6.94. The largest absolute Gasteiger partial charge is 0.418 e. The van der Waals surface area contributed by atoms with E-state index in [9.17, 15) is 22.8 Å². The molecule has 0 radical (unpaired) electrons. The Morgan fingerprint density at radius 2 is 1.78 bits per heavy atom. The number of benzene rings is 1. The third-order valence-electron chi connectivity index (χ3n) is 3.73. The second kappa shape index (κ2) is 9.52. The zero-order chi connectivity index (χ0) is 19.9. The van der Waals surface area contributed by atoms with Gasteiger partial charge in [-0.25, -0.2) is 0 Å². The first-order valence-electron chi connectivity index (χ1n) is 8.27. The number of amides is 2. The summed E-state index contributed by atoms with van der Waals surface area (Å²) in [6.45, 7) is 2.37. The number of para-hydroxylation sites is 1. The van der Waals surface area contributed by atoms with Crippen molar-refractivity contribution in [3.05, 3.63) is 52.2 Å². The summed E-state index contributed by atoms with van der Waals surface area (Å²) in [7, 11) is 0. The van der Waals surface area contributed by atoms with Gasteiger partial charge in [0.2, 0.25) is 11.8 Å². The van der Waals surface area contributed by atoms with E-state index in [2.05, 4.69) is 10.6 Å². The number of carbonyl (C=O) groups is 2. The maximum Gasteiger partial charge on any atom is 0.418 e. The zero-order valence-electron chi connectivity index (χ0n) is 14.7. The summed E-state index contributed by atoms with van der Waals surface area (Å²) in [4.78, 5) is 26.7. The highest BCUT2D eigenvalue weighted by molar-refractivity contribution is 7.09. The number of hydrogen-bond acceptors (Lipinski definition) is 4. The number of halogens is 3. The van der Waals surface area contributed by atoms with Crippen LogP contribution in [-0.2, 0) is 22.3 Å². The number of anilines is 1. The van der Waals surface area contributed by atoms with Crippen molar-refractivity contribution in [3.63, 3.8) is 0 Å². The van der Waals surface area contributed by atoms with Crippen LogP contribution in [0.5, 0.6) is 0 Å². The number of nitrogens with one attached hydrogen (secondary N) is 2. The summed E-state index contributed by atoms with van der Waals surface area (Å²) in [5.74, 6) is -0.867. The third kappa shape index (κ3) is 6.69. The number of nitrogens with zero attached hydrogens (tertiary/aromatic N) is 1. The van der Waals surface area contributed by atoms with Gasteiger partial charge in [0.05, 0.1) is 30.9 Å². The SMILES string of the molecule is CCN(CC(=O)NCc1cccs1)CC(=O)Nc1ccccc1C(F)(F)F. The van der Waals surface area contributed by atoms with Crippen molar-refractivity contribution < 1.29 is 22.8 Å². The molecule has 0 aliphatic carbocycles. The first-order chi connectivity index (χ1) is 12.8. The molecule has 146 valence electrons. The molecule has 27 heavy (non-hydrogen) atoms. The van der Waals surface area contributed by atoms with Gasteiger partial charge in [-0.2, -0.15) is 13.2 Å². The Labute approximate surface area is 159 Å². The lowest BCUT2D eigenvalue weighted by Gasteiger charge is -2.20. The van der Waals surface area contributed by atoms with E-state index in [1.165, 1.54) is 29.5 Å². The van der Waals surface area contributed by atoms with Gasteiger partial charge in [-0.3, -0.25) is 14.5 Å². The maximum atomic E-state index is 13.0. The summed E-state index contributed by atoms with van der Waals surface area (Å²) in [6, 6.07) is 8.56. The van der Waals surface area contributed by atoms with E-state index in [1.807, 2.05) is 17.5 Å². The number of carbonyl (C=O) groups excluding carboxylic acids is 2. The van der Waals surface area contributed by atoms with Gasteiger partial charge >= 0.3 is 6.18 Å². The Morgan fingerprint density at radius 1 is 1.07 bits per heavy atom.